The monoisotopic (exact) mass is 265 g/mol. The summed E-state index contributed by atoms with van der Waals surface area (Å²) < 4.78 is 0. The van der Waals surface area contributed by atoms with E-state index < -0.39 is 0 Å². The molecule has 0 aliphatic heterocycles. The lowest BCUT2D eigenvalue weighted by atomic mass is 10.2. The molecule has 1 aromatic heterocycles. The van der Waals surface area contributed by atoms with Crippen LogP contribution in [-0.2, 0) is 0 Å². The van der Waals surface area contributed by atoms with Gasteiger partial charge in [-0.3, -0.25) is 0 Å². The predicted molar refractivity (Wildman–Crippen MR) is 81.9 cm³/mol. The molecule has 1 heterocycles. The molecule has 0 saturated heterocycles. The van der Waals surface area contributed by atoms with Crippen LogP contribution in [0.5, 0.6) is 0 Å². The molecule has 5 heteroatoms. The third-order valence-corrected chi connectivity index (χ3v) is 3.25. The number of nitrogens with zero attached hydrogens (tertiary/aromatic N) is 3. The molecular weight excluding hydrogens is 238 g/mol. The minimum Gasteiger partial charge on any atom is -0.370 e. The molecule has 1 rings (SSSR count). The predicted octanol–water partition coefficient (Wildman–Crippen LogP) is 2.28. The Balaban J connectivity index is 2.79. The number of hydrogen-bond acceptors (Lipinski definition) is 5. The summed E-state index contributed by atoms with van der Waals surface area (Å²) in [5, 5.41) is 6.77. The van der Waals surface area contributed by atoms with E-state index in [1.54, 1.807) is 0 Å². The highest BCUT2D eigenvalue weighted by Crippen LogP contribution is 2.19. The van der Waals surface area contributed by atoms with Crippen molar-refractivity contribution in [1.82, 2.24) is 14.9 Å². The number of aromatic nitrogens is 2. The minimum atomic E-state index is 0.460. The first-order valence-electron chi connectivity index (χ1n) is 6.95. The number of likely N-dealkylation sites (N-methyl/N-ethyl adjacent to an activating group) is 1. The van der Waals surface area contributed by atoms with E-state index in [-0.39, 0.29) is 0 Å². The van der Waals surface area contributed by atoms with Crippen molar-refractivity contribution >= 4 is 11.6 Å². The molecule has 1 unspecified atom stereocenters. The highest BCUT2D eigenvalue weighted by atomic mass is 15.1. The summed E-state index contributed by atoms with van der Waals surface area (Å²) in [6, 6.07) is 0.460. The quantitative estimate of drug-likeness (QED) is 0.792. The maximum atomic E-state index is 4.49. The van der Waals surface area contributed by atoms with Gasteiger partial charge in [-0.1, -0.05) is 6.92 Å². The van der Waals surface area contributed by atoms with Gasteiger partial charge < -0.3 is 15.5 Å². The van der Waals surface area contributed by atoms with Gasteiger partial charge in [0.2, 0.25) is 0 Å². The highest BCUT2D eigenvalue weighted by Gasteiger charge is 2.10. The van der Waals surface area contributed by atoms with Gasteiger partial charge in [0, 0.05) is 24.7 Å². The number of nitrogens with one attached hydrogen (secondary N) is 2. The van der Waals surface area contributed by atoms with Crippen LogP contribution in [0.2, 0.25) is 0 Å². The lowest BCUT2D eigenvalue weighted by Crippen LogP contribution is -2.32. The minimum absolute atomic E-state index is 0.460. The number of aryl methyl sites for hydroxylation is 1. The average molecular weight is 265 g/mol. The van der Waals surface area contributed by atoms with Crippen molar-refractivity contribution < 1.29 is 0 Å². The van der Waals surface area contributed by atoms with Gasteiger partial charge in [0.1, 0.15) is 17.5 Å². The molecule has 5 nitrogen and oxygen atoms in total. The maximum absolute atomic E-state index is 4.49. The standard InChI is InChI=1S/C14H27N5/c1-7-8-15-13-11(3)14(18-12(4)17-13)16-9-10(2)19(5)6/h10H,7-9H2,1-6H3,(H2,15,16,17,18). The maximum Gasteiger partial charge on any atom is 0.134 e. The second-order valence-electron chi connectivity index (χ2n) is 5.21. The molecule has 0 bridgehead atoms. The van der Waals surface area contributed by atoms with Crippen molar-refractivity contribution in [2.75, 3.05) is 37.8 Å². The topological polar surface area (TPSA) is 53.1 Å². The molecule has 0 saturated carbocycles. The van der Waals surface area contributed by atoms with E-state index in [9.17, 15) is 0 Å². The lowest BCUT2D eigenvalue weighted by molar-refractivity contribution is 0.326. The van der Waals surface area contributed by atoms with Crippen molar-refractivity contribution in [3.8, 4) is 0 Å². The average Bonchev–Trinajstić information content (AvgIpc) is 2.37. The van der Waals surface area contributed by atoms with Crippen molar-refractivity contribution in [3.05, 3.63) is 11.4 Å². The first-order chi connectivity index (χ1) is 8.95. The molecular formula is C14H27N5. The SMILES string of the molecule is CCCNc1nc(C)nc(NCC(C)N(C)C)c1C. The Hall–Kier alpha value is -1.36. The Kier molecular flexibility index (Phi) is 6.02. The second-order valence-corrected chi connectivity index (χ2v) is 5.21. The zero-order chi connectivity index (χ0) is 14.4. The Morgan fingerprint density at radius 1 is 1.11 bits per heavy atom. The van der Waals surface area contributed by atoms with Gasteiger partial charge in [-0.2, -0.15) is 0 Å². The Bertz CT molecular complexity index is 403. The van der Waals surface area contributed by atoms with Gasteiger partial charge in [0.25, 0.3) is 0 Å². The third kappa shape index (κ3) is 4.67. The Morgan fingerprint density at radius 2 is 1.68 bits per heavy atom. The fraction of sp³-hybridized carbons (Fsp3) is 0.714. The molecule has 1 atom stereocenters. The zero-order valence-corrected chi connectivity index (χ0v) is 13.0. The molecule has 0 aliphatic carbocycles. The largest absolute Gasteiger partial charge is 0.370 e. The Morgan fingerprint density at radius 3 is 2.21 bits per heavy atom. The van der Waals surface area contributed by atoms with Gasteiger partial charge in [-0.15, -0.1) is 0 Å². The van der Waals surface area contributed by atoms with Crippen LogP contribution in [0.3, 0.4) is 0 Å². The molecule has 0 aromatic carbocycles. The highest BCUT2D eigenvalue weighted by molar-refractivity contribution is 5.57. The molecule has 2 N–H and O–H groups in total. The summed E-state index contributed by atoms with van der Waals surface area (Å²) >= 11 is 0. The molecule has 19 heavy (non-hydrogen) atoms. The Labute approximate surface area is 116 Å². The van der Waals surface area contributed by atoms with E-state index in [2.05, 4.69) is 60.4 Å². The van der Waals surface area contributed by atoms with Crippen LogP contribution in [0.25, 0.3) is 0 Å². The number of rotatable bonds is 7. The number of hydrogen-bond donors (Lipinski definition) is 2. The fourth-order valence-corrected chi connectivity index (χ4v) is 1.64. The van der Waals surface area contributed by atoms with E-state index >= 15 is 0 Å². The van der Waals surface area contributed by atoms with Gasteiger partial charge >= 0.3 is 0 Å². The molecule has 0 amide bonds. The number of anilines is 2. The van der Waals surface area contributed by atoms with Crippen molar-refractivity contribution in [3.63, 3.8) is 0 Å². The van der Waals surface area contributed by atoms with Crippen LogP contribution >= 0.6 is 0 Å². The van der Waals surface area contributed by atoms with E-state index in [1.165, 1.54) is 0 Å². The normalized spacial score (nSPS) is 12.6. The molecule has 0 radical (unpaired) electrons. The molecule has 0 spiro atoms. The van der Waals surface area contributed by atoms with E-state index in [1.807, 2.05) is 6.92 Å². The van der Waals surface area contributed by atoms with Gasteiger partial charge in [0.15, 0.2) is 0 Å². The first-order valence-corrected chi connectivity index (χ1v) is 6.95. The summed E-state index contributed by atoms with van der Waals surface area (Å²) in [5.41, 5.74) is 1.09. The third-order valence-electron chi connectivity index (χ3n) is 3.25. The van der Waals surface area contributed by atoms with Crippen LogP contribution < -0.4 is 10.6 Å². The van der Waals surface area contributed by atoms with E-state index in [0.29, 0.717) is 6.04 Å². The smallest absolute Gasteiger partial charge is 0.134 e. The fourth-order valence-electron chi connectivity index (χ4n) is 1.64. The van der Waals surface area contributed by atoms with E-state index in [0.717, 1.165) is 42.5 Å². The summed E-state index contributed by atoms with van der Waals surface area (Å²) in [4.78, 5) is 11.1. The van der Waals surface area contributed by atoms with Crippen LogP contribution in [-0.4, -0.2) is 48.1 Å². The molecule has 1 aromatic rings. The van der Waals surface area contributed by atoms with Crippen LogP contribution in [0, 0.1) is 13.8 Å². The zero-order valence-electron chi connectivity index (χ0n) is 13.0. The lowest BCUT2D eigenvalue weighted by Gasteiger charge is -2.21. The van der Waals surface area contributed by atoms with Crippen molar-refractivity contribution in [2.45, 2.75) is 40.2 Å². The van der Waals surface area contributed by atoms with Gasteiger partial charge in [0.05, 0.1) is 0 Å². The van der Waals surface area contributed by atoms with Gasteiger partial charge in [-0.25, -0.2) is 9.97 Å². The van der Waals surface area contributed by atoms with Crippen LogP contribution in [0.4, 0.5) is 11.6 Å². The molecule has 0 fully saturated rings. The second kappa shape index (κ2) is 7.28. The van der Waals surface area contributed by atoms with Crippen molar-refractivity contribution in [2.24, 2.45) is 0 Å². The summed E-state index contributed by atoms with van der Waals surface area (Å²) in [7, 11) is 4.16. The van der Waals surface area contributed by atoms with E-state index in [4.69, 9.17) is 0 Å². The summed E-state index contributed by atoms with van der Waals surface area (Å²) in [5.74, 6) is 2.67. The summed E-state index contributed by atoms with van der Waals surface area (Å²) in [6.45, 7) is 10.1. The van der Waals surface area contributed by atoms with Crippen LogP contribution in [0.15, 0.2) is 0 Å². The van der Waals surface area contributed by atoms with Gasteiger partial charge in [-0.05, 0) is 41.3 Å². The van der Waals surface area contributed by atoms with Crippen LogP contribution in [0.1, 0.15) is 31.7 Å². The summed E-state index contributed by atoms with van der Waals surface area (Å²) in [6.07, 6.45) is 1.09. The first kappa shape index (κ1) is 15.7. The molecule has 108 valence electrons. The molecule has 0 aliphatic rings. The van der Waals surface area contributed by atoms with Crippen molar-refractivity contribution in [1.29, 1.82) is 0 Å².